The Morgan fingerprint density at radius 2 is 1.54 bits per heavy atom. The first kappa shape index (κ1) is 16.5. The number of benzene rings is 2. The predicted molar refractivity (Wildman–Crippen MR) is 105 cm³/mol. The van der Waals surface area contributed by atoms with Crippen LogP contribution >= 0.6 is 0 Å². The predicted octanol–water partition coefficient (Wildman–Crippen LogP) is 5.19. The maximum atomic E-state index is 12.7. The molecule has 2 aromatic rings. The molecule has 2 aromatic carbocycles. The third kappa shape index (κ3) is 3.41. The highest BCUT2D eigenvalue weighted by Crippen LogP contribution is 2.36. The molecule has 2 nitrogen and oxygen atoms in total. The fourth-order valence-electron chi connectivity index (χ4n) is 2.84. The van der Waals surface area contributed by atoms with Crippen LogP contribution in [0, 0.1) is 6.92 Å². The Hall–Kier alpha value is -2.39. The molecule has 3 rings (SSSR count). The van der Waals surface area contributed by atoms with Crippen LogP contribution in [0.2, 0.25) is 19.6 Å². The molecular weight excluding hydrogens is 310 g/mol. The Kier molecular flexibility index (Phi) is 4.29. The lowest BCUT2D eigenvalue weighted by molar-refractivity contribution is -0.111. The lowest BCUT2D eigenvalue weighted by atomic mass is 10.1. The second-order valence-electron chi connectivity index (χ2n) is 7.33. The summed E-state index contributed by atoms with van der Waals surface area (Å²) < 4.78 is 0. The molecule has 1 aliphatic heterocycles. The van der Waals surface area contributed by atoms with Crippen LogP contribution in [0.1, 0.15) is 11.1 Å². The molecule has 0 amide bonds. The summed E-state index contributed by atoms with van der Waals surface area (Å²) in [5.41, 5.74) is 7.24. The van der Waals surface area contributed by atoms with E-state index in [2.05, 4.69) is 73.6 Å². The number of hydrogen-bond acceptors (Lipinski definition) is 2. The van der Waals surface area contributed by atoms with E-state index < -0.39 is 8.07 Å². The van der Waals surface area contributed by atoms with E-state index >= 15 is 0 Å². The largest absolute Gasteiger partial charge is 0.307 e. The Bertz CT molecular complexity index is 811. The second kappa shape index (κ2) is 6.25. The SMILES string of the molecule is Cc1ccc(N2C(c3ccccc3)=CC(=O)/C2=C\[Si](C)(C)C)cc1. The minimum Gasteiger partial charge on any atom is -0.307 e. The summed E-state index contributed by atoms with van der Waals surface area (Å²) in [5.74, 6) is 0.0943. The molecule has 0 bridgehead atoms. The van der Waals surface area contributed by atoms with E-state index in [-0.39, 0.29) is 5.78 Å². The van der Waals surface area contributed by atoms with Crippen molar-refractivity contribution in [2.24, 2.45) is 0 Å². The highest BCUT2D eigenvalue weighted by Gasteiger charge is 2.31. The fraction of sp³-hybridized carbons (Fsp3) is 0.190. The third-order valence-electron chi connectivity index (χ3n) is 3.93. The average molecular weight is 334 g/mol. The Morgan fingerprint density at radius 1 is 0.917 bits per heavy atom. The maximum Gasteiger partial charge on any atom is 0.203 e. The fourth-order valence-corrected chi connectivity index (χ4v) is 3.93. The van der Waals surface area contributed by atoms with Gasteiger partial charge in [0.2, 0.25) is 5.78 Å². The Morgan fingerprint density at radius 3 is 2.12 bits per heavy atom. The molecule has 1 heterocycles. The summed E-state index contributed by atoms with van der Waals surface area (Å²) in [6.07, 6.45) is 1.77. The van der Waals surface area contributed by atoms with Crippen LogP contribution in [-0.4, -0.2) is 13.9 Å². The molecule has 0 aliphatic carbocycles. The number of aryl methyl sites for hydroxylation is 1. The normalized spacial score (nSPS) is 16.7. The standard InChI is InChI=1S/C21H23NOSi/c1-16-10-12-18(13-11-16)22-19(17-8-6-5-7-9-17)14-21(23)20(22)15-24(2,3)4/h5-15H,1-4H3/b20-15+. The molecule has 0 spiro atoms. The topological polar surface area (TPSA) is 20.3 Å². The highest BCUT2D eigenvalue weighted by molar-refractivity contribution is 6.81. The van der Waals surface area contributed by atoms with Gasteiger partial charge in [-0.1, -0.05) is 73.4 Å². The molecule has 0 radical (unpaired) electrons. The van der Waals surface area contributed by atoms with Crippen molar-refractivity contribution in [3.63, 3.8) is 0 Å². The molecule has 3 heteroatoms. The van der Waals surface area contributed by atoms with Gasteiger partial charge >= 0.3 is 0 Å². The van der Waals surface area contributed by atoms with Gasteiger partial charge in [0, 0.05) is 11.8 Å². The van der Waals surface area contributed by atoms with E-state index in [1.807, 2.05) is 18.2 Å². The van der Waals surface area contributed by atoms with Gasteiger partial charge in [-0.05, 0) is 24.6 Å². The van der Waals surface area contributed by atoms with Crippen LogP contribution in [-0.2, 0) is 4.79 Å². The first-order valence-corrected chi connectivity index (χ1v) is 11.8. The highest BCUT2D eigenvalue weighted by atomic mass is 28.3. The van der Waals surface area contributed by atoms with Crippen molar-refractivity contribution in [1.29, 1.82) is 0 Å². The molecule has 0 fully saturated rings. The number of hydrogen-bond donors (Lipinski definition) is 0. The minimum absolute atomic E-state index is 0.0943. The molecule has 0 saturated carbocycles. The first-order chi connectivity index (χ1) is 11.3. The molecular formula is C21H23NOSi. The zero-order valence-corrected chi connectivity index (χ0v) is 15.7. The third-order valence-corrected chi connectivity index (χ3v) is 5.07. The molecule has 0 saturated heterocycles. The van der Waals surface area contributed by atoms with E-state index in [0.717, 1.165) is 22.6 Å². The maximum absolute atomic E-state index is 12.7. The van der Waals surface area contributed by atoms with E-state index in [9.17, 15) is 4.79 Å². The number of rotatable bonds is 3. The van der Waals surface area contributed by atoms with Gasteiger partial charge in [0.25, 0.3) is 0 Å². The van der Waals surface area contributed by atoms with Crippen LogP contribution in [0.15, 0.2) is 72.1 Å². The molecule has 0 unspecified atom stereocenters. The van der Waals surface area contributed by atoms with Gasteiger partial charge in [0.15, 0.2) is 0 Å². The Balaban J connectivity index is 2.15. The zero-order chi connectivity index (χ0) is 17.3. The summed E-state index contributed by atoms with van der Waals surface area (Å²) in [4.78, 5) is 14.8. The van der Waals surface area contributed by atoms with E-state index in [1.54, 1.807) is 6.08 Å². The molecule has 122 valence electrons. The van der Waals surface area contributed by atoms with Crippen LogP contribution in [0.4, 0.5) is 5.69 Å². The number of carbonyl (C=O) groups is 1. The van der Waals surface area contributed by atoms with Crippen LogP contribution in [0.5, 0.6) is 0 Å². The van der Waals surface area contributed by atoms with Crippen molar-refractivity contribution in [2.75, 3.05) is 4.90 Å². The van der Waals surface area contributed by atoms with Crippen LogP contribution in [0.25, 0.3) is 5.70 Å². The van der Waals surface area contributed by atoms with Gasteiger partial charge in [-0.2, -0.15) is 0 Å². The van der Waals surface area contributed by atoms with E-state index in [0.29, 0.717) is 0 Å². The molecule has 1 aliphatic rings. The van der Waals surface area contributed by atoms with Gasteiger partial charge in [-0.15, -0.1) is 0 Å². The first-order valence-electron chi connectivity index (χ1n) is 8.26. The van der Waals surface area contributed by atoms with Crippen LogP contribution in [0.3, 0.4) is 0 Å². The summed E-state index contributed by atoms with van der Waals surface area (Å²) in [6.45, 7) is 8.83. The average Bonchev–Trinajstić information content (AvgIpc) is 2.84. The second-order valence-corrected chi connectivity index (χ2v) is 12.3. The van der Waals surface area contributed by atoms with Gasteiger partial charge in [-0.25, -0.2) is 0 Å². The molecule has 0 aromatic heterocycles. The monoisotopic (exact) mass is 333 g/mol. The smallest absolute Gasteiger partial charge is 0.203 e. The number of carbonyl (C=O) groups excluding carboxylic acids is 1. The van der Waals surface area contributed by atoms with E-state index in [1.165, 1.54) is 5.56 Å². The van der Waals surface area contributed by atoms with Crippen molar-refractivity contribution in [2.45, 2.75) is 26.6 Å². The number of ketones is 1. The van der Waals surface area contributed by atoms with Crippen molar-refractivity contribution in [3.8, 4) is 0 Å². The number of allylic oxidation sites excluding steroid dienone is 1. The van der Waals surface area contributed by atoms with Crippen molar-refractivity contribution < 1.29 is 4.79 Å². The summed E-state index contributed by atoms with van der Waals surface area (Å²) in [5, 5.41) is 0. The van der Waals surface area contributed by atoms with E-state index in [4.69, 9.17) is 0 Å². The van der Waals surface area contributed by atoms with Gasteiger partial charge in [0.05, 0.1) is 19.5 Å². The Labute approximate surface area is 145 Å². The minimum atomic E-state index is -1.54. The van der Waals surface area contributed by atoms with Gasteiger partial charge in [0.1, 0.15) is 0 Å². The molecule has 0 atom stereocenters. The molecule has 24 heavy (non-hydrogen) atoms. The molecule has 0 N–H and O–H groups in total. The zero-order valence-electron chi connectivity index (χ0n) is 14.7. The van der Waals surface area contributed by atoms with Crippen molar-refractivity contribution in [1.82, 2.24) is 0 Å². The van der Waals surface area contributed by atoms with Gasteiger partial charge in [-0.3, -0.25) is 4.79 Å². The summed E-state index contributed by atoms with van der Waals surface area (Å²) in [6, 6.07) is 18.5. The lowest BCUT2D eigenvalue weighted by Gasteiger charge is -2.26. The number of anilines is 1. The number of nitrogens with zero attached hydrogens (tertiary/aromatic N) is 1. The van der Waals surface area contributed by atoms with Gasteiger partial charge < -0.3 is 4.90 Å². The van der Waals surface area contributed by atoms with Crippen LogP contribution < -0.4 is 4.90 Å². The quantitative estimate of drug-likeness (QED) is 0.569. The van der Waals surface area contributed by atoms with Crippen molar-refractivity contribution in [3.05, 3.63) is 83.2 Å². The summed E-state index contributed by atoms with van der Waals surface area (Å²) in [7, 11) is -1.54. The summed E-state index contributed by atoms with van der Waals surface area (Å²) >= 11 is 0. The lowest BCUT2D eigenvalue weighted by Crippen LogP contribution is -2.25. The van der Waals surface area contributed by atoms with Crippen molar-refractivity contribution >= 4 is 25.2 Å².